The van der Waals surface area contributed by atoms with Gasteiger partial charge in [0.1, 0.15) is 0 Å². The highest BCUT2D eigenvalue weighted by Gasteiger charge is 1.96. The van der Waals surface area contributed by atoms with Crippen molar-refractivity contribution in [1.29, 1.82) is 0 Å². The first-order valence-electron chi connectivity index (χ1n) is 5.24. The van der Waals surface area contributed by atoms with Crippen molar-refractivity contribution in [3.05, 3.63) is 29.8 Å². The van der Waals surface area contributed by atoms with Gasteiger partial charge in [0.05, 0.1) is 6.10 Å². The van der Waals surface area contributed by atoms with Crippen molar-refractivity contribution in [2.75, 3.05) is 19.3 Å². The number of thioether (sulfide) groups is 1. The summed E-state index contributed by atoms with van der Waals surface area (Å²) in [4.78, 5) is 1.30. The van der Waals surface area contributed by atoms with Gasteiger partial charge in [-0.1, -0.05) is 12.1 Å². The minimum Gasteiger partial charge on any atom is -0.392 e. The number of aliphatic hydroxyl groups excluding tert-OH is 1. The van der Waals surface area contributed by atoms with Crippen molar-refractivity contribution >= 4 is 11.8 Å². The molecule has 0 radical (unpaired) electrons. The Morgan fingerprint density at radius 1 is 1.33 bits per heavy atom. The van der Waals surface area contributed by atoms with Crippen molar-refractivity contribution in [3.8, 4) is 0 Å². The third kappa shape index (κ3) is 5.21. The Balaban J connectivity index is 2.25. The van der Waals surface area contributed by atoms with Crippen LogP contribution in [0.1, 0.15) is 12.5 Å². The Hall–Kier alpha value is -0.510. The zero-order valence-corrected chi connectivity index (χ0v) is 10.2. The van der Waals surface area contributed by atoms with E-state index in [0.29, 0.717) is 6.54 Å². The predicted octanol–water partition coefficient (Wildman–Crippen LogP) is 1.92. The maximum atomic E-state index is 9.05. The van der Waals surface area contributed by atoms with E-state index in [0.717, 1.165) is 13.0 Å². The predicted molar refractivity (Wildman–Crippen MR) is 66.5 cm³/mol. The summed E-state index contributed by atoms with van der Waals surface area (Å²) in [5.41, 5.74) is 1.34. The second-order valence-electron chi connectivity index (χ2n) is 3.65. The molecular formula is C12H19NOS. The summed E-state index contributed by atoms with van der Waals surface area (Å²) < 4.78 is 0. The first-order valence-corrected chi connectivity index (χ1v) is 6.46. The fourth-order valence-corrected chi connectivity index (χ4v) is 1.74. The van der Waals surface area contributed by atoms with Crippen LogP contribution in [-0.2, 0) is 6.42 Å². The molecule has 0 aliphatic rings. The van der Waals surface area contributed by atoms with Crippen molar-refractivity contribution in [2.24, 2.45) is 0 Å². The van der Waals surface area contributed by atoms with Crippen LogP contribution in [-0.4, -0.2) is 30.6 Å². The summed E-state index contributed by atoms with van der Waals surface area (Å²) in [5.74, 6) is 0. The van der Waals surface area contributed by atoms with E-state index in [-0.39, 0.29) is 6.10 Å². The third-order valence-corrected chi connectivity index (χ3v) is 2.93. The van der Waals surface area contributed by atoms with Gasteiger partial charge in [0.25, 0.3) is 0 Å². The van der Waals surface area contributed by atoms with E-state index in [4.69, 9.17) is 5.11 Å². The van der Waals surface area contributed by atoms with Crippen molar-refractivity contribution in [2.45, 2.75) is 24.3 Å². The lowest BCUT2D eigenvalue weighted by atomic mass is 10.1. The third-order valence-electron chi connectivity index (χ3n) is 2.19. The molecule has 0 aromatic heterocycles. The SMILES string of the molecule is CSc1ccc(CCNCC(C)O)cc1. The van der Waals surface area contributed by atoms with Gasteiger partial charge in [0.15, 0.2) is 0 Å². The minimum absolute atomic E-state index is 0.260. The molecular weight excluding hydrogens is 206 g/mol. The van der Waals surface area contributed by atoms with Gasteiger partial charge in [-0.3, -0.25) is 0 Å². The van der Waals surface area contributed by atoms with E-state index in [9.17, 15) is 0 Å². The fourth-order valence-electron chi connectivity index (χ4n) is 1.34. The van der Waals surface area contributed by atoms with Crippen LogP contribution in [0.15, 0.2) is 29.2 Å². The molecule has 1 rings (SSSR count). The zero-order valence-electron chi connectivity index (χ0n) is 9.36. The normalized spacial score (nSPS) is 12.7. The molecule has 15 heavy (non-hydrogen) atoms. The summed E-state index contributed by atoms with van der Waals surface area (Å²) in [5, 5.41) is 12.3. The molecule has 3 heteroatoms. The number of rotatable bonds is 6. The van der Waals surface area contributed by atoms with Crippen LogP contribution in [0, 0.1) is 0 Å². The second kappa shape index (κ2) is 6.88. The Kier molecular flexibility index (Phi) is 5.76. The first-order chi connectivity index (χ1) is 7.22. The van der Waals surface area contributed by atoms with Gasteiger partial charge in [-0.15, -0.1) is 11.8 Å². The number of benzene rings is 1. The van der Waals surface area contributed by atoms with E-state index in [1.165, 1.54) is 10.5 Å². The van der Waals surface area contributed by atoms with Crippen molar-refractivity contribution in [3.63, 3.8) is 0 Å². The molecule has 0 aliphatic carbocycles. The van der Waals surface area contributed by atoms with E-state index >= 15 is 0 Å². The molecule has 0 saturated carbocycles. The number of aliphatic hydroxyl groups is 1. The molecule has 1 unspecified atom stereocenters. The Morgan fingerprint density at radius 2 is 2.00 bits per heavy atom. The lowest BCUT2D eigenvalue weighted by molar-refractivity contribution is 0.191. The lowest BCUT2D eigenvalue weighted by Crippen LogP contribution is -2.26. The fraction of sp³-hybridized carbons (Fsp3) is 0.500. The van der Waals surface area contributed by atoms with Crippen molar-refractivity contribution < 1.29 is 5.11 Å². The van der Waals surface area contributed by atoms with Crippen LogP contribution in [0.5, 0.6) is 0 Å². The molecule has 2 N–H and O–H groups in total. The average Bonchev–Trinajstić information content (AvgIpc) is 2.25. The molecule has 0 bridgehead atoms. The monoisotopic (exact) mass is 225 g/mol. The number of hydrogen-bond donors (Lipinski definition) is 2. The Labute approximate surface area is 96.1 Å². The summed E-state index contributed by atoms with van der Waals surface area (Å²) in [6.07, 6.45) is 2.84. The molecule has 2 nitrogen and oxygen atoms in total. The highest BCUT2D eigenvalue weighted by atomic mass is 32.2. The van der Waals surface area contributed by atoms with Crippen LogP contribution < -0.4 is 5.32 Å². The molecule has 0 heterocycles. The maximum Gasteiger partial charge on any atom is 0.0636 e. The van der Waals surface area contributed by atoms with Crippen LogP contribution in [0.25, 0.3) is 0 Å². The molecule has 1 atom stereocenters. The smallest absolute Gasteiger partial charge is 0.0636 e. The Morgan fingerprint density at radius 3 is 2.53 bits per heavy atom. The standard InChI is InChI=1S/C12H19NOS/c1-10(14)9-13-8-7-11-3-5-12(15-2)6-4-11/h3-6,10,13-14H,7-9H2,1-2H3. The van der Waals surface area contributed by atoms with Crippen LogP contribution in [0.3, 0.4) is 0 Å². The topological polar surface area (TPSA) is 32.3 Å². The van der Waals surface area contributed by atoms with Gasteiger partial charge in [-0.05, 0) is 43.8 Å². The number of hydrogen-bond acceptors (Lipinski definition) is 3. The summed E-state index contributed by atoms with van der Waals surface area (Å²) in [6, 6.07) is 8.62. The average molecular weight is 225 g/mol. The highest BCUT2D eigenvalue weighted by Crippen LogP contribution is 2.14. The number of nitrogens with one attached hydrogen (secondary N) is 1. The summed E-state index contributed by atoms with van der Waals surface area (Å²) in [7, 11) is 0. The highest BCUT2D eigenvalue weighted by molar-refractivity contribution is 7.98. The molecule has 1 aromatic rings. The van der Waals surface area contributed by atoms with Gasteiger partial charge < -0.3 is 10.4 Å². The quantitative estimate of drug-likeness (QED) is 0.573. The molecule has 0 spiro atoms. The summed E-state index contributed by atoms with van der Waals surface area (Å²) >= 11 is 1.76. The molecule has 0 fully saturated rings. The summed E-state index contributed by atoms with van der Waals surface area (Å²) in [6.45, 7) is 3.38. The maximum absolute atomic E-state index is 9.05. The molecule has 0 amide bonds. The van der Waals surface area contributed by atoms with Crippen LogP contribution in [0.4, 0.5) is 0 Å². The van der Waals surface area contributed by atoms with Gasteiger partial charge >= 0.3 is 0 Å². The van der Waals surface area contributed by atoms with Crippen molar-refractivity contribution in [1.82, 2.24) is 5.32 Å². The lowest BCUT2D eigenvalue weighted by Gasteiger charge is -2.07. The first kappa shape index (κ1) is 12.6. The molecule has 84 valence electrons. The zero-order chi connectivity index (χ0) is 11.1. The van der Waals surface area contributed by atoms with E-state index in [1.54, 1.807) is 18.7 Å². The van der Waals surface area contributed by atoms with E-state index in [2.05, 4.69) is 35.8 Å². The van der Waals surface area contributed by atoms with Gasteiger partial charge in [0.2, 0.25) is 0 Å². The molecule has 1 aromatic carbocycles. The van der Waals surface area contributed by atoms with E-state index < -0.39 is 0 Å². The largest absolute Gasteiger partial charge is 0.392 e. The molecule has 0 aliphatic heterocycles. The second-order valence-corrected chi connectivity index (χ2v) is 4.53. The molecule has 0 saturated heterocycles. The Bertz CT molecular complexity index is 271. The van der Waals surface area contributed by atoms with Gasteiger partial charge in [-0.2, -0.15) is 0 Å². The van der Waals surface area contributed by atoms with Crippen LogP contribution >= 0.6 is 11.8 Å². The van der Waals surface area contributed by atoms with Gasteiger partial charge in [0, 0.05) is 11.4 Å². The minimum atomic E-state index is -0.260. The van der Waals surface area contributed by atoms with E-state index in [1.807, 2.05) is 0 Å². The van der Waals surface area contributed by atoms with Crippen LogP contribution in [0.2, 0.25) is 0 Å². The van der Waals surface area contributed by atoms with Gasteiger partial charge in [-0.25, -0.2) is 0 Å².